The molecule has 1 aliphatic rings. The molecule has 5 heteroatoms. The molecule has 0 aromatic heterocycles. The minimum absolute atomic E-state index is 0.210. The SMILES string of the molecule is [O-]P1N(c2ccccc2)C[C@H](CCNc2ccccc2)N1Cc1ccc2ccccc2c1. The summed E-state index contributed by atoms with van der Waals surface area (Å²) in [6, 6.07) is 35.5. The third-order valence-electron chi connectivity index (χ3n) is 6.02. The first-order valence-electron chi connectivity index (χ1n) is 11.1. The van der Waals surface area contributed by atoms with Crippen LogP contribution in [0.1, 0.15) is 12.0 Å². The van der Waals surface area contributed by atoms with Gasteiger partial charge in [0, 0.05) is 37.1 Å². The molecule has 0 saturated carbocycles. The average Bonchev–Trinajstić information content (AvgIpc) is 3.15. The van der Waals surface area contributed by atoms with Crippen molar-refractivity contribution in [2.75, 3.05) is 23.1 Å². The Labute approximate surface area is 191 Å². The molecule has 4 aromatic carbocycles. The van der Waals surface area contributed by atoms with Crippen molar-refractivity contribution >= 4 is 30.6 Å². The van der Waals surface area contributed by atoms with Gasteiger partial charge in [-0.15, -0.1) is 0 Å². The molecule has 0 bridgehead atoms. The molecule has 1 fully saturated rings. The monoisotopic (exact) mass is 440 g/mol. The molecule has 2 atom stereocenters. The fourth-order valence-corrected chi connectivity index (χ4v) is 6.03. The maximum absolute atomic E-state index is 13.6. The molecule has 162 valence electrons. The van der Waals surface area contributed by atoms with E-state index in [9.17, 15) is 4.89 Å². The number of fused-ring (bicyclic) bond motifs is 1. The third-order valence-corrected chi connectivity index (χ3v) is 7.74. The van der Waals surface area contributed by atoms with E-state index in [1.54, 1.807) is 0 Å². The van der Waals surface area contributed by atoms with Gasteiger partial charge in [-0.2, -0.15) is 0 Å². The quantitative estimate of drug-likeness (QED) is 0.379. The molecule has 4 aromatic rings. The Morgan fingerprint density at radius 2 is 1.50 bits per heavy atom. The van der Waals surface area contributed by atoms with Gasteiger partial charge in [-0.05, 0) is 61.5 Å². The summed E-state index contributed by atoms with van der Waals surface area (Å²) in [5.41, 5.74) is 3.34. The fourth-order valence-electron chi connectivity index (χ4n) is 4.34. The molecule has 5 rings (SSSR count). The molecule has 1 heterocycles. The molecule has 1 unspecified atom stereocenters. The normalized spacial score (nSPS) is 18.8. The van der Waals surface area contributed by atoms with E-state index in [2.05, 4.69) is 69.3 Å². The van der Waals surface area contributed by atoms with Gasteiger partial charge in [0.15, 0.2) is 0 Å². The van der Waals surface area contributed by atoms with Crippen LogP contribution in [0.2, 0.25) is 0 Å². The van der Waals surface area contributed by atoms with Gasteiger partial charge in [-0.1, -0.05) is 72.8 Å². The summed E-state index contributed by atoms with van der Waals surface area (Å²) < 4.78 is 4.24. The maximum Gasteiger partial charge on any atom is 0.0399 e. The predicted octanol–water partition coefficient (Wildman–Crippen LogP) is 5.62. The van der Waals surface area contributed by atoms with Gasteiger partial charge in [0.2, 0.25) is 0 Å². The molecule has 1 aliphatic heterocycles. The fraction of sp³-hybridized carbons (Fsp3) is 0.185. The van der Waals surface area contributed by atoms with E-state index in [0.717, 1.165) is 30.9 Å². The van der Waals surface area contributed by atoms with Gasteiger partial charge < -0.3 is 14.9 Å². The van der Waals surface area contributed by atoms with Crippen molar-refractivity contribution in [1.82, 2.24) is 4.67 Å². The Hall–Kier alpha value is -2.91. The molecule has 4 nitrogen and oxygen atoms in total. The first-order valence-corrected chi connectivity index (χ1v) is 12.3. The lowest BCUT2D eigenvalue weighted by Crippen LogP contribution is -2.31. The van der Waals surface area contributed by atoms with Crippen LogP contribution in [-0.2, 0) is 6.54 Å². The molecule has 0 spiro atoms. The Morgan fingerprint density at radius 1 is 0.812 bits per heavy atom. The van der Waals surface area contributed by atoms with Crippen molar-refractivity contribution in [3.8, 4) is 0 Å². The molecule has 0 radical (unpaired) electrons. The van der Waals surface area contributed by atoms with E-state index >= 15 is 0 Å². The highest BCUT2D eigenvalue weighted by Gasteiger charge is 2.33. The van der Waals surface area contributed by atoms with Gasteiger partial charge >= 0.3 is 0 Å². The number of hydrogen-bond donors (Lipinski definition) is 1. The number of hydrogen-bond acceptors (Lipinski definition) is 4. The van der Waals surface area contributed by atoms with E-state index in [4.69, 9.17) is 0 Å². The first-order chi connectivity index (χ1) is 15.8. The van der Waals surface area contributed by atoms with Crippen LogP contribution in [0.4, 0.5) is 11.4 Å². The number of nitrogens with one attached hydrogen (secondary N) is 1. The van der Waals surface area contributed by atoms with Crippen molar-refractivity contribution in [2.45, 2.75) is 19.0 Å². The number of rotatable bonds is 7. The summed E-state index contributed by atoms with van der Waals surface area (Å²) in [6.07, 6.45) is 0.923. The van der Waals surface area contributed by atoms with E-state index in [1.165, 1.54) is 16.3 Å². The third kappa shape index (κ3) is 4.63. The van der Waals surface area contributed by atoms with E-state index in [1.807, 2.05) is 48.5 Å². The van der Waals surface area contributed by atoms with E-state index in [-0.39, 0.29) is 6.04 Å². The lowest BCUT2D eigenvalue weighted by Gasteiger charge is -2.37. The van der Waals surface area contributed by atoms with Gasteiger partial charge in [-0.25, -0.2) is 0 Å². The number of nitrogens with zero attached hydrogens (tertiary/aromatic N) is 2. The summed E-state index contributed by atoms with van der Waals surface area (Å²) in [4.78, 5) is 13.6. The zero-order valence-corrected chi connectivity index (χ0v) is 18.9. The highest BCUT2D eigenvalue weighted by atomic mass is 31.2. The Balaban J connectivity index is 1.35. The zero-order chi connectivity index (χ0) is 21.8. The highest BCUT2D eigenvalue weighted by Crippen LogP contribution is 2.48. The smallest absolute Gasteiger partial charge is 0.0399 e. The summed E-state index contributed by atoms with van der Waals surface area (Å²) in [5.74, 6) is 0. The second-order valence-electron chi connectivity index (χ2n) is 8.18. The molecular formula is C27H27N3OP-. The van der Waals surface area contributed by atoms with Crippen molar-refractivity contribution in [3.05, 3.63) is 109 Å². The molecule has 1 N–H and O–H groups in total. The van der Waals surface area contributed by atoms with Gasteiger partial charge in [0.25, 0.3) is 0 Å². The first kappa shape index (κ1) is 21.0. The van der Waals surface area contributed by atoms with Crippen molar-refractivity contribution in [2.24, 2.45) is 0 Å². The second kappa shape index (κ2) is 9.70. The van der Waals surface area contributed by atoms with Crippen LogP contribution in [0, 0.1) is 0 Å². The van der Waals surface area contributed by atoms with Gasteiger partial charge in [0.05, 0.1) is 0 Å². The molecule has 0 amide bonds. The minimum Gasteiger partial charge on any atom is -0.801 e. The number of anilines is 2. The molecular weight excluding hydrogens is 413 g/mol. The summed E-state index contributed by atoms with van der Waals surface area (Å²) in [7, 11) is -1.66. The predicted molar refractivity (Wildman–Crippen MR) is 134 cm³/mol. The maximum atomic E-state index is 13.6. The Kier molecular flexibility index (Phi) is 6.36. The number of benzene rings is 4. The summed E-state index contributed by atoms with van der Waals surface area (Å²) in [6.45, 7) is 2.29. The summed E-state index contributed by atoms with van der Waals surface area (Å²) in [5, 5.41) is 5.97. The van der Waals surface area contributed by atoms with E-state index < -0.39 is 8.45 Å². The standard InChI is InChI=1S/C27H27N3OP/c31-32-29(20-22-15-16-23-9-7-8-10-24(23)19-22)27(17-18-28-25-11-3-1-4-12-25)21-30(32)26-13-5-2-6-14-26/h1-16,19,27-28H,17-18,20-21H2/q-1/t27-,32?/m0/s1. The minimum atomic E-state index is -1.66. The highest BCUT2D eigenvalue weighted by molar-refractivity contribution is 7.49. The number of para-hydroxylation sites is 2. The zero-order valence-electron chi connectivity index (χ0n) is 18.0. The van der Waals surface area contributed by atoms with Crippen LogP contribution in [-0.4, -0.2) is 23.8 Å². The second-order valence-corrected chi connectivity index (χ2v) is 9.69. The molecule has 0 aliphatic carbocycles. The van der Waals surface area contributed by atoms with Crippen LogP contribution in [0.25, 0.3) is 10.8 Å². The van der Waals surface area contributed by atoms with Crippen molar-refractivity contribution in [1.29, 1.82) is 0 Å². The van der Waals surface area contributed by atoms with Crippen LogP contribution >= 0.6 is 8.45 Å². The van der Waals surface area contributed by atoms with Crippen molar-refractivity contribution < 1.29 is 4.89 Å². The average molecular weight is 441 g/mol. The molecule has 1 saturated heterocycles. The Morgan fingerprint density at radius 3 is 2.28 bits per heavy atom. The largest absolute Gasteiger partial charge is 0.801 e. The Bertz CT molecular complexity index is 1160. The topological polar surface area (TPSA) is 41.6 Å². The van der Waals surface area contributed by atoms with Crippen LogP contribution < -0.4 is 14.9 Å². The van der Waals surface area contributed by atoms with Gasteiger partial charge in [0.1, 0.15) is 0 Å². The lowest BCUT2D eigenvalue weighted by molar-refractivity contribution is -0.170. The lowest BCUT2D eigenvalue weighted by atomic mass is 10.1. The molecule has 32 heavy (non-hydrogen) atoms. The van der Waals surface area contributed by atoms with Crippen molar-refractivity contribution in [3.63, 3.8) is 0 Å². The van der Waals surface area contributed by atoms with E-state index in [0.29, 0.717) is 6.54 Å². The van der Waals surface area contributed by atoms with Gasteiger partial charge in [-0.3, -0.25) is 4.67 Å². The van der Waals surface area contributed by atoms with Crippen LogP contribution in [0.15, 0.2) is 103 Å². The van der Waals surface area contributed by atoms with Crippen LogP contribution in [0.3, 0.4) is 0 Å². The summed E-state index contributed by atoms with van der Waals surface area (Å²) >= 11 is 0. The van der Waals surface area contributed by atoms with Crippen LogP contribution in [0.5, 0.6) is 0 Å².